The van der Waals surface area contributed by atoms with E-state index in [1.165, 1.54) is 18.9 Å². The van der Waals surface area contributed by atoms with Gasteiger partial charge in [-0.25, -0.2) is 0 Å². The zero-order chi connectivity index (χ0) is 20.1. The number of methoxy groups -OCH3 is 1. The Bertz CT molecular complexity index is 996. The SMILES string of the molecule is COc1ccc(NC(=O)Cn2c(N)nnc2SCc2ccccc2Cl)cc1Cl. The molecule has 0 saturated heterocycles. The van der Waals surface area contributed by atoms with Crippen LogP contribution in [0.3, 0.4) is 0 Å². The number of hydrogen-bond acceptors (Lipinski definition) is 6. The number of amides is 1. The number of hydrogen-bond donors (Lipinski definition) is 2. The second kappa shape index (κ2) is 9.18. The van der Waals surface area contributed by atoms with Crippen LogP contribution in [0.5, 0.6) is 5.75 Å². The lowest BCUT2D eigenvalue weighted by Crippen LogP contribution is -2.20. The summed E-state index contributed by atoms with van der Waals surface area (Å²) in [6.45, 7) is -0.0344. The summed E-state index contributed by atoms with van der Waals surface area (Å²) in [5, 5.41) is 12.3. The van der Waals surface area contributed by atoms with Crippen LogP contribution < -0.4 is 15.8 Å². The molecule has 146 valence electrons. The lowest BCUT2D eigenvalue weighted by Gasteiger charge is -2.10. The Balaban J connectivity index is 1.67. The van der Waals surface area contributed by atoms with E-state index < -0.39 is 0 Å². The van der Waals surface area contributed by atoms with E-state index in [0.29, 0.717) is 32.4 Å². The molecule has 3 rings (SSSR count). The molecule has 1 amide bonds. The monoisotopic (exact) mass is 437 g/mol. The fraction of sp³-hybridized carbons (Fsp3) is 0.167. The van der Waals surface area contributed by atoms with Crippen molar-refractivity contribution in [1.82, 2.24) is 14.8 Å². The summed E-state index contributed by atoms with van der Waals surface area (Å²) in [4.78, 5) is 12.4. The van der Waals surface area contributed by atoms with E-state index in [2.05, 4.69) is 15.5 Å². The van der Waals surface area contributed by atoms with Gasteiger partial charge in [0.1, 0.15) is 12.3 Å². The van der Waals surface area contributed by atoms with Gasteiger partial charge in [-0.3, -0.25) is 9.36 Å². The number of carbonyl (C=O) groups is 1. The quantitative estimate of drug-likeness (QED) is 0.540. The molecule has 10 heteroatoms. The van der Waals surface area contributed by atoms with Gasteiger partial charge < -0.3 is 15.8 Å². The Hall–Kier alpha value is -2.42. The van der Waals surface area contributed by atoms with Crippen molar-refractivity contribution in [2.24, 2.45) is 0 Å². The summed E-state index contributed by atoms with van der Waals surface area (Å²) < 4.78 is 6.64. The van der Waals surface area contributed by atoms with Crippen molar-refractivity contribution in [1.29, 1.82) is 0 Å². The van der Waals surface area contributed by atoms with E-state index in [9.17, 15) is 4.79 Å². The maximum atomic E-state index is 12.4. The molecular weight excluding hydrogens is 421 g/mol. The fourth-order valence-corrected chi connectivity index (χ4v) is 3.89. The molecule has 3 N–H and O–H groups in total. The van der Waals surface area contributed by atoms with Crippen molar-refractivity contribution in [3.05, 3.63) is 58.1 Å². The summed E-state index contributed by atoms with van der Waals surface area (Å²) >= 11 is 13.7. The molecule has 0 aliphatic rings. The lowest BCUT2D eigenvalue weighted by molar-refractivity contribution is -0.116. The van der Waals surface area contributed by atoms with Crippen molar-refractivity contribution >= 4 is 52.5 Å². The Morgan fingerprint density at radius 1 is 1.21 bits per heavy atom. The van der Waals surface area contributed by atoms with Gasteiger partial charge in [0.25, 0.3) is 0 Å². The Labute approximate surface area is 176 Å². The molecule has 0 unspecified atom stereocenters. The first-order chi connectivity index (χ1) is 13.5. The van der Waals surface area contributed by atoms with Crippen LogP contribution in [-0.2, 0) is 17.1 Å². The minimum Gasteiger partial charge on any atom is -0.495 e. The first-order valence-electron chi connectivity index (χ1n) is 8.16. The van der Waals surface area contributed by atoms with Gasteiger partial charge in [-0.15, -0.1) is 10.2 Å². The number of nitrogens with one attached hydrogen (secondary N) is 1. The molecule has 0 fully saturated rings. The fourth-order valence-electron chi connectivity index (χ4n) is 2.40. The third-order valence-corrected chi connectivity index (χ3v) is 5.48. The maximum Gasteiger partial charge on any atom is 0.244 e. The normalized spacial score (nSPS) is 10.7. The van der Waals surface area contributed by atoms with E-state index >= 15 is 0 Å². The average molecular weight is 438 g/mol. The molecule has 2 aromatic carbocycles. The highest BCUT2D eigenvalue weighted by Crippen LogP contribution is 2.28. The molecular formula is C18H17Cl2N5O2S. The molecule has 0 atom stereocenters. The van der Waals surface area contributed by atoms with Gasteiger partial charge in [0.05, 0.1) is 12.1 Å². The molecule has 7 nitrogen and oxygen atoms in total. The number of thioether (sulfide) groups is 1. The van der Waals surface area contributed by atoms with Crippen molar-refractivity contribution in [3.8, 4) is 5.75 Å². The molecule has 0 bridgehead atoms. The van der Waals surface area contributed by atoms with E-state index in [1.807, 2.05) is 24.3 Å². The van der Waals surface area contributed by atoms with Gasteiger partial charge in [0, 0.05) is 16.5 Å². The minimum absolute atomic E-state index is 0.0344. The first-order valence-corrected chi connectivity index (χ1v) is 9.90. The van der Waals surface area contributed by atoms with Crippen molar-refractivity contribution < 1.29 is 9.53 Å². The predicted molar refractivity (Wildman–Crippen MR) is 112 cm³/mol. The standard InChI is InChI=1S/C18H17Cl2N5O2S/c1-27-15-7-6-12(8-14(15)20)22-16(26)9-25-17(21)23-24-18(25)28-10-11-4-2-3-5-13(11)19/h2-8H,9-10H2,1H3,(H2,21,23)(H,22,26). The third-order valence-electron chi connectivity index (χ3n) is 3.80. The highest BCUT2D eigenvalue weighted by Gasteiger charge is 2.15. The topological polar surface area (TPSA) is 95.1 Å². The Morgan fingerprint density at radius 2 is 2.00 bits per heavy atom. The molecule has 0 spiro atoms. The van der Waals surface area contributed by atoms with Gasteiger partial charge in [0.2, 0.25) is 11.9 Å². The van der Waals surface area contributed by atoms with E-state index in [0.717, 1.165) is 5.56 Å². The lowest BCUT2D eigenvalue weighted by atomic mass is 10.2. The number of anilines is 2. The summed E-state index contributed by atoms with van der Waals surface area (Å²) in [7, 11) is 1.52. The summed E-state index contributed by atoms with van der Waals surface area (Å²) in [5.41, 5.74) is 7.38. The van der Waals surface area contributed by atoms with Crippen LogP contribution in [0.4, 0.5) is 11.6 Å². The number of nitrogens with two attached hydrogens (primary N) is 1. The van der Waals surface area contributed by atoms with E-state index in [4.69, 9.17) is 33.7 Å². The minimum atomic E-state index is -0.285. The molecule has 0 aliphatic carbocycles. The maximum absolute atomic E-state index is 12.4. The first kappa shape index (κ1) is 20.3. The summed E-state index contributed by atoms with van der Waals surface area (Å²) in [6.07, 6.45) is 0. The van der Waals surface area contributed by atoms with Crippen LogP contribution in [0.1, 0.15) is 5.56 Å². The van der Waals surface area contributed by atoms with E-state index in [-0.39, 0.29) is 18.4 Å². The highest BCUT2D eigenvalue weighted by atomic mass is 35.5. The molecule has 1 aromatic heterocycles. The number of ether oxygens (including phenoxy) is 1. The largest absolute Gasteiger partial charge is 0.495 e. The van der Waals surface area contributed by atoms with Crippen LogP contribution in [0.15, 0.2) is 47.6 Å². The second-order valence-electron chi connectivity index (χ2n) is 5.70. The zero-order valence-corrected chi connectivity index (χ0v) is 17.2. The number of benzene rings is 2. The van der Waals surface area contributed by atoms with Crippen LogP contribution in [0, 0.1) is 0 Å². The van der Waals surface area contributed by atoms with Crippen molar-refractivity contribution in [3.63, 3.8) is 0 Å². The smallest absolute Gasteiger partial charge is 0.244 e. The number of aromatic nitrogens is 3. The third kappa shape index (κ3) is 4.89. The average Bonchev–Trinajstić information content (AvgIpc) is 3.01. The molecule has 0 aliphatic heterocycles. The number of nitrogen functional groups attached to an aromatic ring is 1. The molecule has 3 aromatic rings. The van der Waals surface area contributed by atoms with Crippen molar-refractivity contribution in [2.45, 2.75) is 17.5 Å². The van der Waals surface area contributed by atoms with Crippen LogP contribution in [0.2, 0.25) is 10.0 Å². The molecule has 0 radical (unpaired) electrons. The Morgan fingerprint density at radius 3 is 2.71 bits per heavy atom. The number of nitrogens with zero attached hydrogens (tertiary/aromatic N) is 3. The molecule has 28 heavy (non-hydrogen) atoms. The summed E-state index contributed by atoms with van der Waals surface area (Å²) in [6, 6.07) is 12.5. The second-order valence-corrected chi connectivity index (χ2v) is 7.46. The van der Waals surface area contributed by atoms with Gasteiger partial charge in [0.15, 0.2) is 5.16 Å². The van der Waals surface area contributed by atoms with Gasteiger partial charge >= 0.3 is 0 Å². The zero-order valence-electron chi connectivity index (χ0n) is 14.9. The van der Waals surface area contributed by atoms with Gasteiger partial charge in [-0.2, -0.15) is 0 Å². The predicted octanol–water partition coefficient (Wildman–Crippen LogP) is 4.11. The van der Waals surface area contributed by atoms with Gasteiger partial charge in [-0.1, -0.05) is 53.2 Å². The highest BCUT2D eigenvalue weighted by molar-refractivity contribution is 7.98. The number of halogens is 2. The van der Waals surface area contributed by atoms with E-state index in [1.54, 1.807) is 22.8 Å². The van der Waals surface area contributed by atoms with Crippen LogP contribution in [-0.4, -0.2) is 27.8 Å². The number of rotatable bonds is 7. The Kier molecular flexibility index (Phi) is 6.66. The van der Waals surface area contributed by atoms with Crippen LogP contribution >= 0.6 is 35.0 Å². The van der Waals surface area contributed by atoms with Crippen molar-refractivity contribution in [2.75, 3.05) is 18.2 Å². The summed E-state index contributed by atoms with van der Waals surface area (Å²) in [5.74, 6) is 0.978. The molecule has 0 saturated carbocycles. The number of carbonyl (C=O) groups excluding carboxylic acids is 1. The molecule has 1 heterocycles. The van der Waals surface area contributed by atoms with Gasteiger partial charge in [-0.05, 0) is 29.8 Å². The van der Waals surface area contributed by atoms with Crippen LogP contribution in [0.25, 0.3) is 0 Å².